The van der Waals surface area contributed by atoms with E-state index < -0.39 is 0 Å². The van der Waals surface area contributed by atoms with Crippen molar-refractivity contribution in [3.05, 3.63) is 0 Å². The molecule has 4 nitrogen and oxygen atoms in total. The molecule has 1 unspecified atom stereocenters. The van der Waals surface area contributed by atoms with Crippen molar-refractivity contribution >= 4 is 6.03 Å². The molecular formula is C9H18N2O2. The SMILES string of the molecule is CCOC1CCCN(C(=O)NC)C1. The highest BCUT2D eigenvalue weighted by atomic mass is 16.5. The second-order valence-electron chi connectivity index (χ2n) is 3.22. The van der Waals surface area contributed by atoms with Gasteiger partial charge >= 0.3 is 6.03 Å². The van der Waals surface area contributed by atoms with Crippen LogP contribution in [0.25, 0.3) is 0 Å². The normalized spacial score (nSPS) is 22.9. The van der Waals surface area contributed by atoms with Crippen LogP contribution in [0.4, 0.5) is 4.79 Å². The predicted molar refractivity (Wildman–Crippen MR) is 50.7 cm³/mol. The number of ether oxygens (including phenoxy) is 1. The molecule has 76 valence electrons. The third-order valence-corrected chi connectivity index (χ3v) is 2.28. The molecule has 0 radical (unpaired) electrons. The van der Waals surface area contributed by atoms with Gasteiger partial charge in [0, 0.05) is 26.7 Å². The highest BCUT2D eigenvalue weighted by Crippen LogP contribution is 2.12. The average molecular weight is 186 g/mol. The van der Waals surface area contributed by atoms with Gasteiger partial charge in [-0.2, -0.15) is 0 Å². The molecule has 1 aliphatic heterocycles. The summed E-state index contributed by atoms with van der Waals surface area (Å²) < 4.78 is 5.49. The summed E-state index contributed by atoms with van der Waals surface area (Å²) in [6, 6.07) is 0.00408. The number of carbonyl (C=O) groups is 1. The Morgan fingerprint density at radius 2 is 2.46 bits per heavy atom. The van der Waals surface area contributed by atoms with Crippen LogP contribution in [0.15, 0.2) is 0 Å². The maximum atomic E-state index is 11.3. The molecule has 1 saturated heterocycles. The molecule has 0 aromatic rings. The van der Waals surface area contributed by atoms with Crippen LogP contribution in [0.3, 0.4) is 0 Å². The summed E-state index contributed by atoms with van der Waals surface area (Å²) in [5.41, 5.74) is 0. The Balaban J connectivity index is 2.37. The zero-order valence-corrected chi connectivity index (χ0v) is 8.38. The molecule has 0 bridgehead atoms. The van der Waals surface area contributed by atoms with E-state index in [0.29, 0.717) is 0 Å². The fourth-order valence-electron chi connectivity index (χ4n) is 1.65. The highest BCUT2D eigenvalue weighted by molar-refractivity contribution is 5.73. The van der Waals surface area contributed by atoms with Crippen molar-refractivity contribution in [2.24, 2.45) is 0 Å². The van der Waals surface area contributed by atoms with E-state index in [2.05, 4.69) is 5.32 Å². The van der Waals surface area contributed by atoms with Gasteiger partial charge < -0.3 is 15.0 Å². The van der Waals surface area contributed by atoms with Gasteiger partial charge in [-0.3, -0.25) is 0 Å². The molecule has 0 saturated carbocycles. The summed E-state index contributed by atoms with van der Waals surface area (Å²) in [5, 5.41) is 2.63. The summed E-state index contributed by atoms with van der Waals surface area (Å²) in [7, 11) is 1.66. The Morgan fingerprint density at radius 1 is 1.69 bits per heavy atom. The number of likely N-dealkylation sites (tertiary alicyclic amines) is 1. The number of hydrogen-bond acceptors (Lipinski definition) is 2. The lowest BCUT2D eigenvalue weighted by Gasteiger charge is -2.32. The Hall–Kier alpha value is -0.770. The van der Waals surface area contributed by atoms with Gasteiger partial charge in [-0.05, 0) is 19.8 Å². The fourth-order valence-corrected chi connectivity index (χ4v) is 1.65. The smallest absolute Gasteiger partial charge is 0.317 e. The fraction of sp³-hybridized carbons (Fsp3) is 0.889. The van der Waals surface area contributed by atoms with Gasteiger partial charge in [0.2, 0.25) is 0 Å². The van der Waals surface area contributed by atoms with Crippen LogP contribution in [0.5, 0.6) is 0 Å². The minimum absolute atomic E-state index is 0.00408. The third-order valence-electron chi connectivity index (χ3n) is 2.28. The van der Waals surface area contributed by atoms with Crippen molar-refractivity contribution in [1.82, 2.24) is 10.2 Å². The van der Waals surface area contributed by atoms with Crippen LogP contribution in [-0.2, 0) is 4.74 Å². The van der Waals surface area contributed by atoms with Gasteiger partial charge in [-0.25, -0.2) is 4.79 Å². The Labute approximate surface area is 79.2 Å². The summed E-state index contributed by atoms with van der Waals surface area (Å²) in [5.74, 6) is 0. The van der Waals surface area contributed by atoms with Gasteiger partial charge in [0.1, 0.15) is 0 Å². The lowest BCUT2D eigenvalue weighted by atomic mass is 10.1. The molecule has 0 aromatic heterocycles. The van der Waals surface area contributed by atoms with E-state index in [1.165, 1.54) is 0 Å². The number of piperidine rings is 1. The van der Waals surface area contributed by atoms with Crippen molar-refractivity contribution in [1.29, 1.82) is 0 Å². The van der Waals surface area contributed by atoms with Crippen LogP contribution in [-0.4, -0.2) is 43.8 Å². The molecular weight excluding hydrogens is 168 g/mol. The molecule has 1 N–H and O–H groups in total. The Bertz CT molecular complexity index is 171. The summed E-state index contributed by atoms with van der Waals surface area (Å²) in [4.78, 5) is 13.1. The topological polar surface area (TPSA) is 41.6 Å². The number of hydrogen-bond donors (Lipinski definition) is 1. The minimum atomic E-state index is 0.00408. The van der Waals surface area contributed by atoms with Gasteiger partial charge in [0.25, 0.3) is 0 Å². The summed E-state index contributed by atoms with van der Waals surface area (Å²) in [6.45, 7) is 4.29. The van der Waals surface area contributed by atoms with Gasteiger partial charge in [-0.15, -0.1) is 0 Å². The van der Waals surface area contributed by atoms with Crippen molar-refractivity contribution in [3.63, 3.8) is 0 Å². The van der Waals surface area contributed by atoms with Crippen LogP contribution < -0.4 is 5.32 Å². The Morgan fingerprint density at radius 3 is 3.08 bits per heavy atom. The molecule has 4 heteroatoms. The number of amides is 2. The molecule has 1 atom stereocenters. The van der Waals surface area contributed by atoms with E-state index in [4.69, 9.17) is 4.74 Å². The number of nitrogens with zero attached hydrogens (tertiary/aromatic N) is 1. The monoisotopic (exact) mass is 186 g/mol. The number of urea groups is 1. The second-order valence-corrected chi connectivity index (χ2v) is 3.22. The summed E-state index contributed by atoms with van der Waals surface area (Å²) in [6.07, 6.45) is 2.34. The van der Waals surface area contributed by atoms with Crippen molar-refractivity contribution < 1.29 is 9.53 Å². The molecule has 0 aliphatic carbocycles. The van der Waals surface area contributed by atoms with Crippen LogP contribution in [0, 0.1) is 0 Å². The first-order valence-electron chi connectivity index (χ1n) is 4.86. The largest absolute Gasteiger partial charge is 0.377 e. The maximum absolute atomic E-state index is 11.3. The first kappa shape index (κ1) is 10.3. The second kappa shape index (κ2) is 5.07. The quantitative estimate of drug-likeness (QED) is 0.694. The molecule has 1 aliphatic rings. The first-order valence-corrected chi connectivity index (χ1v) is 4.86. The van der Waals surface area contributed by atoms with Crippen LogP contribution in [0.2, 0.25) is 0 Å². The molecule has 2 amide bonds. The highest BCUT2D eigenvalue weighted by Gasteiger charge is 2.22. The average Bonchev–Trinajstić information content (AvgIpc) is 2.18. The predicted octanol–water partition coefficient (Wildman–Crippen LogP) is 0.827. The zero-order valence-electron chi connectivity index (χ0n) is 8.38. The Kier molecular flexibility index (Phi) is 4.02. The third kappa shape index (κ3) is 2.88. The van der Waals surface area contributed by atoms with Gasteiger partial charge in [0.05, 0.1) is 6.10 Å². The summed E-state index contributed by atoms with van der Waals surface area (Å²) >= 11 is 0. The lowest BCUT2D eigenvalue weighted by molar-refractivity contribution is 0.0167. The molecule has 13 heavy (non-hydrogen) atoms. The lowest BCUT2D eigenvalue weighted by Crippen LogP contribution is -2.46. The molecule has 1 fully saturated rings. The van der Waals surface area contributed by atoms with Crippen molar-refractivity contribution in [3.8, 4) is 0 Å². The van der Waals surface area contributed by atoms with E-state index in [-0.39, 0.29) is 12.1 Å². The maximum Gasteiger partial charge on any atom is 0.317 e. The van der Waals surface area contributed by atoms with Crippen molar-refractivity contribution in [2.45, 2.75) is 25.9 Å². The number of carbonyl (C=O) groups excluding carboxylic acids is 1. The minimum Gasteiger partial charge on any atom is -0.377 e. The zero-order chi connectivity index (χ0) is 9.68. The number of rotatable bonds is 2. The van der Waals surface area contributed by atoms with Gasteiger partial charge in [0.15, 0.2) is 0 Å². The van der Waals surface area contributed by atoms with Gasteiger partial charge in [-0.1, -0.05) is 0 Å². The van der Waals surface area contributed by atoms with Crippen LogP contribution in [0.1, 0.15) is 19.8 Å². The first-order chi connectivity index (χ1) is 6.27. The van der Waals surface area contributed by atoms with E-state index in [0.717, 1.165) is 32.5 Å². The molecule has 0 aromatic carbocycles. The number of nitrogens with one attached hydrogen (secondary N) is 1. The molecule has 1 heterocycles. The van der Waals surface area contributed by atoms with E-state index in [9.17, 15) is 4.79 Å². The van der Waals surface area contributed by atoms with Crippen molar-refractivity contribution in [2.75, 3.05) is 26.7 Å². The van der Waals surface area contributed by atoms with E-state index in [1.807, 2.05) is 11.8 Å². The standard InChI is InChI=1S/C9H18N2O2/c1-3-13-8-5-4-6-11(7-8)9(12)10-2/h8H,3-7H2,1-2H3,(H,10,12). The molecule has 1 rings (SSSR count). The van der Waals surface area contributed by atoms with E-state index in [1.54, 1.807) is 7.05 Å². The van der Waals surface area contributed by atoms with E-state index >= 15 is 0 Å². The molecule has 0 spiro atoms. The van der Waals surface area contributed by atoms with Crippen LogP contribution >= 0.6 is 0 Å².